The highest BCUT2D eigenvalue weighted by Gasteiger charge is 2.45. The third-order valence-electron chi connectivity index (χ3n) is 5.61. The van der Waals surface area contributed by atoms with E-state index < -0.39 is 29.6 Å². The Morgan fingerprint density at radius 3 is 2.34 bits per heavy atom. The van der Waals surface area contributed by atoms with Crippen molar-refractivity contribution in [3.8, 4) is 0 Å². The van der Waals surface area contributed by atoms with Crippen molar-refractivity contribution in [1.29, 1.82) is 0 Å². The third-order valence-corrected chi connectivity index (χ3v) is 5.98. The van der Waals surface area contributed by atoms with Crippen LogP contribution in [0.2, 0.25) is 5.02 Å². The number of anilines is 2. The molecule has 1 atom stereocenters. The monoisotopic (exact) mass is 493 g/mol. The second-order valence-corrected chi connectivity index (χ2v) is 8.43. The van der Waals surface area contributed by atoms with Crippen LogP contribution in [0.25, 0.3) is 0 Å². The van der Waals surface area contributed by atoms with Gasteiger partial charge in [0.05, 0.1) is 17.7 Å². The van der Waals surface area contributed by atoms with E-state index in [4.69, 9.17) is 11.6 Å². The molecule has 9 heteroatoms. The van der Waals surface area contributed by atoms with Gasteiger partial charge in [0.25, 0.3) is 11.8 Å². The molecule has 3 aromatic rings. The number of hydrogen-bond acceptors (Lipinski definition) is 4. The molecular weight excluding hydrogens is 473 g/mol. The number of rotatable bonds is 6. The van der Waals surface area contributed by atoms with E-state index in [2.05, 4.69) is 5.32 Å². The lowest BCUT2D eigenvalue weighted by molar-refractivity contribution is -0.122. The van der Waals surface area contributed by atoms with Crippen LogP contribution in [0.1, 0.15) is 29.3 Å². The zero-order valence-corrected chi connectivity index (χ0v) is 19.5. The van der Waals surface area contributed by atoms with Gasteiger partial charge in [-0.05, 0) is 48.0 Å². The van der Waals surface area contributed by atoms with E-state index in [1.807, 2.05) is 0 Å². The van der Waals surface area contributed by atoms with E-state index in [9.17, 15) is 23.6 Å². The molecule has 0 aromatic heterocycles. The molecule has 0 spiro atoms. The summed E-state index contributed by atoms with van der Waals surface area (Å²) in [7, 11) is 0. The van der Waals surface area contributed by atoms with Gasteiger partial charge >= 0.3 is 0 Å². The minimum Gasteiger partial charge on any atom is -0.326 e. The number of nitrogens with zero attached hydrogens (tertiary/aromatic N) is 2. The number of carbonyl (C=O) groups is 4. The second kappa shape index (κ2) is 10.1. The average molecular weight is 494 g/mol. The van der Waals surface area contributed by atoms with Crippen molar-refractivity contribution in [2.24, 2.45) is 0 Å². The van der Waals surface area contributed by atoms with E-state index >= 15 is 0 Å². The van der Waals surface area contributed by atoms with E-state index in [-0.39, 0.29) is 24.4 Å². The molecule has 1 aliphatic heterocycles. The van der Waals surface area contributed by atoms with E-state index in [0.717, 1.165) is 11.0 Å². The highest BCUT2D eigenvalue weighted by atomic mass is 35.5. The predicted molar refractivity (Wildman–Crippen MR) is 129 cm³/mol. The Bertz CT molecular complexity index is 1310. The first-order valence-corrected chi connectivity index (χ1v) is 11.2. The summed E-state index contributed by atoms with van der Waals surface area (Å²) in [6.45, 7) is 1.28. The van der Waals surface area contributed by atoms with Crippen molar-refractivity contribution in [2.45, 2.75) is 25.9 Å². The smallest absolute Gasteiger partial charge is 0.257 e. The van der Waals surface area contributed by atoms with Crippen molar-refractivity contribution in [3.63, 3.8) is 0 Å². The van der Waals surface area contributed by atoms with Gasteiger partial charge in [0, 0.05) is 24.2 Å². The summed E-state index contributed by atoms with van der Waals surface area (Å²) in [6.07, 6.45) is -0.267. The molecular formula is C26H21ClFN3O4. The van der Waals surface area contributed by atoms with Crippen LogP contribution >= 0.6 is 11.6 Å². The lowest BCUT2D eigenvalue weighted by atomic mass is 10.1. The fourth-order valence-corrected chi connectivity index (χ4v) is 4.15. The van der Waals surface area contributed by atoms with Gasteiger partial charge in [0.2, 0.25) is 11.8 Å². The molecule has 4 amide bonds. The molecule has 1 unspecified atom stereocenters. The SMILES string of the molecule is CC(=O)Nc1ccc(N2C(=O)CC(N(Cc3ccccc3Cl)C(=O)c3ccccc3F)C2=O)cc1. The molecule has 1 N–H and O–H groups in total. The normalized spacial score (nSPS) is 15.3. The molecule has 0 bridgehead atoms. The average Bonchev–Trinajstić information content (AvgIpc) is 3.12. The van der Waals surface area contributed by atoms with Gasteiger partial charge in [0.15, 0.2) is 0 Å². The number of imide groups is 1. The highest BCUT2D eigenvalue weighted by molar-refractivity contribution is 6.31. The van der Waals surface area contributed by atoms with Crippen LogP contribution in [0.3, 0.4) is 0 Å². The maximum atomic E-state index is 14.5. The van der Waals surface area contributed by atoms with Crippen molar-refractivity contribution < 1.29 is 23.6 Å². The van der Waals surface area contributed by atoms with E-state index in [0.29, 0.717) is 22.0 Å². The van der Waals surface area contributed by atoms with Crippen LogP contribution in [0.5, 0.6) is 0 Å². The molecule has 3 aromatic carbocycles. The minimum atomic E-state index is -1.15. The molecule has 0 saturated carbocycles. The number of hydrogen-bond donors (Lipinski definition) is 1. The van der Waals surface area contributed by atoms with Crippen molar-refractivity contribution in [2.75, 3.05) is 10.2 Å². The third kappa shape index (κ3) is 5.07. The van der Waals surface area contributed by atoms with Gasteiger partial charge < -0.3 is 10.2 Å². The molecule has 7 nitrogen and oxygen atoms in total. The summed E-state index contributed by atoms with van der Waals surface area (Å²) in [5.74, 6) is -2.83. The number of carbonyl (C=O) groups excluding carboxylic acids is 4. The number of halogens is 2. The maximum Gasteiger partial charge on any atom is 0.257 e. The first-order chi connectivity index (χ1) is 16.8. The zero-order chi connectivity index (χ0) is 25.1. The summed E-state index contributed by atoms with van der Waals surface area (Å²) >= 11 is 6.29. The summed E-state index contributed by atoms with van der Waals surface area (Å²) in [4.78, 5) is 53.2. The Balaban J connectivity index is 1.68. The first-order valence-electron chi connectivity index (χ1n) is 10.8. The molecule has 4 rings (SSSR count). The van der Waals surface area contributed by atoms with Gasteiger partial charge in [-0.2, -0.15) is 0 Å². The molecule has 178 valence electrons. The Kier molecular flexibility index (Phi) is 6.93. The molecule has 35 heavy (non-hydrogen) atoms. The van der Waals surface area contributed by atoms with E-state index in [1.54, 1.807) is 36.4 Å². The topological polar surface area (TPSA) is 86.8 Å². The molecule has 1 saturated heterocycles. The minimum absolute atomic E-state index is 0.0914. The summed E-state index contributed by atoms with van der Waals surface area (Å²) in [6, 6.07) is 17.3. The summed E-state index contributed by atoms with van der Waals surface area (Å²) < 4.78 is 14.5. The van der Waals surface area contributed by atoms with Crippen LogP contribution in [0, 0.1) is 5.82 Å². The fraction of sp³-hybridized carbons (Fsp3) is 0.154. The van der Waals surface area contributed by atoms with Gasteiger partial charge in [-0.15, -0.1) is 0 Å². The van der Waals surface area contributed by atoms with Crippen LogP contribution in [0.4, 0.5) is 15.8 Å². The number of nitrogens with one attached hydrogen (secondary N) is 1. The second-order valence-electron chi connectivity index (χ2n) is 8.02. The first kappa shape index (κ1) is 24.1. The van der Waals surface area contributed by atoms with Crippen molar-refractivity contribution in [3.05, 3.63) is 94.8 Å². The Morgan fingerprint density at radius 1 is 1.03 bits per heavy atom. The predicted octanol–water partition coefficient (Wildman–Crippen LogP) is 4.41. The standard InChI is InChI=1S/C26H21ClFN3O4/c1-16(32)29-18-10-12-19(13-11-18)31-24(33)14-23(26(31)35)30(15-17-6-2-4-8-21(17)27)25(34)20-7-3-5-9-22(20)28/h2-13,23H,14-15H2,1H3,(H,29,32). The number of amides is 4. The van der Waals surface area contributed by atoms with Crippen LogP contribution < -0.4 is 10.2 Å². The van der Waals surface area contributed by atoms with Gasteiger partial charge in [-0.1, -0.05) is 41.9 Å². The van der Waals surface area contributed by atoms with E-state index in [1.165, 1.54) is 42.2 Å². The maximum absolute atomic E-state index is 14.5. The number of benzene rings is 3. The van der Waals surface area contributed by atoms with Crippen molar-refractivity contribution >= 4 is 46.6 Å². The Morgan fingerprint density at radius 2 is 1.69 bits per heavy atom. The lowest BCUT2D eigenvalue weighted by Gasteiger charge is -2.28. The molecule has 1 heterocycles. The molecule has 0 aliphatic carbocycles. The quantitative estimate of drug-likeness (QED) is 0.515. The molecule has 0 radical (unpaired) electrons. The van der Waals surface area contributed by atoms with Crippen LogP contribution in [0.15, 0.2) is 72.8 Å². The van der Waals surface area contributed by atoms with Crippen LogP contribution in [-0.2, 0) is 20.9 Å². The molecule has 1 aliphatic rings. The molecule has 1 fully saturated rings. The highest BCUT2D eigenvalue weighted by Crippen LogP contribution is 2.30. The van der Waals surface area contributed by atoms with Crippen LogP contribution in [-0.4, -0.2) is 34.6 Å². The Labute approximate surface area is 206 Å². The van der Waals surface area contributed by atoms with Gasteiger partial charge in [-0.3, -0.25) is 19.2 Å². The fourth-order valence-electron chi connectivity index (χ4n) is 3.95. The summed E-state index contributed by atoms with van der Waals surface area (Å²) in [5, 5.41) is 2.99. The Hall–Kier alpha value is -4.04. The summed E-state index contributed by atoms with van der Waals surface area (Å²) in [5.41, 5.74) is 1.15. The van der Waals surface area contributed by atoms with Gasteiger partial charge in [-0.25, -0.2) is 9.29 Å². The van der Waals surface area contributed by atoms with Crippen molar-refractivity contribution in [1.82, 2.24) is 4.90 Å². The zero-order valence-electron chi connectivity index (χ0n) is 18.7. The van der Waals surface area contributed by atoms with Gasteiger partial charge in [0.1, 0.15) is 11.9 Å². The lowest BCUT2D eigenvalue weighted by Crippen LogP contribution is -2.45. The largest absolute Gasteiger partial charge is 0.326 e.